The lowest BCUT2D eigenvalue weighted by Gasteiger charge is -2.25. The van der Waals surface area contributed by atoms with Gasteiger partial charge in [-0.1, -0.05) is 19.3 Å². The van der Waals surface area contributed by atoms with Crippen LogP contribution in [0.2, 0.25) is 0 Å². The highest BCUT2D eigenvalue weighted by Crippen LogP contribution is 2.39. The molecule has 0 amide bonds. The van der Waals surface area contributed by atoms with Crippen LogP contribution in [0.3, 0.4) is 0 Å². The van der Waals surface area contributed by atoms with E-state index in [9.17, 15) is 4.79 Å². The summed E-state index contributed by atoms with van der Waals surface area (Å²) in [5.41, 5.74) is 4.61. The molecule has 1 aromatic carbocycles. The molecular formula is C25H28N4O2. The monoisotopic (exact) mass is 416 g/mol. The zero-order chi connectivity index (χ0) is 20.9. The van der Waals surface area contributed by atoms with Crippen molar-refractivity contribution in [2.24, 2.45) is 13.0 Å². The first kappa shape index (κ1) is 18.7. The van der Waals surface area contributed by atoms with E-state index >= 15 is 0 Å². The summed E-state index contributed by atoms with van der Waals surface area (Å²) in [5, 5.41) is 0.923. The van der Waals surface area contributed by atoms with E-state index in [1.807, 2.05) is 18.5 Å². The van der Waals surface area contributed by atoms with E-state index in [1.54, 1.807) is 11.6 Å². The molecule has 0 bridgehead atoms. The molecule has 3 aromatic heterocycles. The lowest BCUT2D eigenvalue weighted by molar-refractivity contribution is 0.181. The molecule has 0 unspecified atom stereocenters. The number of ether oxygens (including phenoxy) is 1. The van der Waals surface area contributed by atoms with Crippen molar-refractivity contribution in [3.63, 3.8) is 0 Å². The summed E-state index contributed by atoms with van der Waals surface area (Å²) in [5.74, 6) is 3.13. The van der Waals surface area contributed by atoms with Gasteiger partial charge in [0.25, 0.3) is 5.56 Å². The summed E-state index contributed by atoms with van der Waals surface area (Å²) in [6.07, 6.45) is 12.5. The highest BCUT2D eigenvalue weighted by atomic mass is 16.5. The van der Waals surface area contributed by atoms with Crippen molar-refractivity contribution in [1.82, 2.24) is 19.5 Å². The maximum Gasteiger partial charge on any atom is 0.274 e. The normalized spacial score (nSPS) is 17.6. The second-order valence-electron chi connectivity index (χ2n) is 9.30. The van der Waals surface area contributed by atoms with Crippen LogP contribution < -0.4 is 10.3 Å². The van der Waals surface area contributed by atoms with E-state index in [4.69, 9.17) is 9.72 Å². The van der Waals surface area contributed by atoms with Crippen LogP contribution in [0.15, 0.2) is 35.4 Å². The fourth-order valence-corrected chi connectivity index (χ4v) is 5.13. The molecule has 160 valence electrons. The Morgan fingerprint density at radius 3 is 2.74 bits per heavy atom. The molecule has 6 nitrogen and oxygen atoms in total. The molecule has 2 aliphatic rings. The van der Waals surface area contributed by atoms with Gasteiger partial charge >= 0.3 is 0 Å². The van der Waals surface area contributed by atoms with Gasteiger partial charge in [-0.05, 0) is 43.7 Å². The molecule has 0 saturated heterocycles. The van der Waals surface area contributed by atoms with E-state index in [-0.39, 0.29) is 5.56 Å². The number of pyridine rings is 1. The maximum absolute atomic E-state index is 12.6. The van der Waals surface area contributed by atoms with Gasteiger partial charge in [0.15, 0.2) is 0 Å². The lowest BCUT2D eigenvalue weighted by atomic mass is 9.86. The number of hydrogen-bond donors (Lipinski definition) is 2. The van der Waals surface area contributed by atoms with Gasteiger partial charge in [-0.25, -0.2) is 4.98 Å². The van der Waals surface area contributed by atoms with Gasteiger partial charge < -0.3 is 19.3 Å². The number of aromatic nitrogens is 4. The molecule has 2 aliphatic carbocycles. The third-order valence-corrected chi connectivity index (χ3v) is 7.23. The van der Waals surface area contributed by atoms with Crippen LogP contribution in [-0.2, 0) is 7.05 Å². The Morgan fingerprint density at radius 1 is 1.13 bits per heavy atom. The predicted molar refractivity (Wildman–Crippen MR) is 123 cm³/mol. The summed E-state index contributed by atoms with van der Waals surface area (Å²) >= 11 is 0. The molecule has 0 aliphatic heterocycles. The summed E-state index contributed by atoms with van der Waals surface area (Å²) in [6.45, 7) is 0.737. The van der Waals surface area contributed by atoms with Crippen LogP contribution in [0.5, 0.6) is 5.75 Å². The van der Waals surface area contributed by atoms with Gasteiger partial charge in [0.05, 0.1) is 17.6 Å². The van der Waals surface area contributed by atoms with Crippen molar-refractivity contribution in [2.45, 2.75) is 50.9 Å². The van der Waals surface area contributed by atoms with Crippen LogP contribution in [0, 0.1) is 5.92 Å². The summed E-state index contributed by atoms with van der Waals surface area (Å²) in [6, 6.07) is 6.22. The quantitative estimate of drug-likeness (QED) is 0.467. The van der Waals surface area contributed by atoms with Gasteiger partial charge in [-0.15, -0.1) is 0 Å². The van der Waals surface area contributed by atoms with E-state index in [2.05, 4.69) is 22.1 Å². The highest BCUT2D eigenvalue weighted by molar-refractivity contribution is 5.98. The number of benzene rings is 1. The number of aryl methyl sites for hydroxylation is 1. The Kier molecular flexibility index (Phi) is 4.40. The van der Waals surface area contributed by atoms with Crippen LogP contribution >= 0.6 is 0 Å². The fraction of sp³-hybridized carbons (Fsp3) is 0.440. The average Bonchev–Trinajstić information content (AvgIpc) is 3.49. The maximum atomic E-state index is 12.6. The Balaban J connectivity index is 1.51. The Morgan fingerprint density at radius 2 is 1.97 bits per heavy atom. The van der Waals surface area contributed by atoms with Gasteiger partial charge in [-0.2, -0.15) is 0 Å². The van der Waals surface area contributed by atoms with Crippen LogP contribution in [0.25, 0.3) is 33.1 Å². The predicted octanol–water partition coefficient (Wildman–Crippen LogP) is 5.25. The van der Waals surface area contributed by atoms with E-state index < -0.39 is 0 Å². The van der Waals surface area contributed by atoms with Gasteiger partial charge in [0.2, 0.25) is 0 Å². The number of nitrogens with zero attached hydrogens (tertiary/aromatic N) is 2. The number of H-pyrrole nitrogens is 2. The number of hydrogen-bond acceptors (Lipinski definition) is 3. The third kappa shape index (κ3) is 3.16. The largest absolute Gasteiger partial charge is 0.493 e. The van der Waals surface area contributed by atoms with Crippen molar-refractivity contribution < 1.29 is 4.74 Å². The molecule has 2 fully saturated rings. The highest BCUT2D eigenvalue weighted by Gasteiger charge is 2.23. The smallest absolute Gasteiger partial charge is 0.274 e. The fourth-order valence-electron chi connectivity index (χ4n) is 5.13. The van der Waals surface area contributed by atoms with Gasteiger partial charge in [-0.3, -0.25) is 4.79 Å². The Hall–Kier alpha value is -3.02. The molecule has 31 heavy (non-hydrogen) atoms. The van der Waals surface area contributed by atoms with Crippen molar-refractivity contribution in [3.05, 3.63) is 46.8 Å². The van der Waals surface area contributed by atoms with E-state index in [0.29, 0.717) is 17.4 Å². The number of aromatic amines is 2. The first-order valence-corrected chi connectivity index (χ1v) is 11.5. The zero-order valence-corrected chi connectivity index (χ0v) is 17.9. The molecule has 3 heterocycles. The molecule has 0 radical (unpaired) electrons. The SMILES string of the molecule is Cn1cc(-c2cc3[nH]c(C4CCCC4)nc3cc2OCC2CCC2)c2cc[nH]c2c1=O. The zero-order valence-electron chi connectivity index (χ0n) is 17.9. The topological polar surface area (TPSA) is 75.7 Å². The lowest BCUT2D eigenvalue weighted by Crippen LogP contribution is -2.19. The summed E-state index contributed by atoms with van der Waals surface area (Å²) in [7, 11) is 1.80. The van der Waals surface area contributed by atoms with E-state index in [1.165, 1.54) is 44.9 Å². The minimum Gasteiger partial charge on any atom is -0.493 e. The second-order valence-corrected chi connectivity index (χ2v) is 9.30. The molecule has 6 heteroatoms. The van der Waals surface area contributed by atoms with Crippen molar-refractivity contribution in [1.29, 1.82) is 0 Å². The minimum absolute atomic E-state index is 0.0215. The first-order valence-electron chi connectivity index (χ1n) is 11.5. The van der Waals surface area contributed by atoms with Crippen LogP contribution in [0.1, 0.15) is 56.7 Å². The Bertz CT molecular complexity index is 1320. The molecule has 6 rings (SSSR count). The Labute approximate surface area is 180 Å². The number of rotatable bonds is 5. The molecule has 4 aromatic rings. The average molecular weight is 417 g/mol. The molecule has 0 spiro atoms. The summed E-state index contributed by atoms with van der Waals surface area (Å²) in [4.78, 5) is 24.2. The second kappa shape index (κ2) is 7.29. The number of nitrogens with one attached hydrogen (secondary N) is 2. The van der Waals surface area contributed by atoms with E-state index in [0.717, 1.165) is 45.7 Å². The third-order valence-electron chi connectivity index (χ3n) is 7.23. The van der Waals surface area contributed by atoms with Crippen LogP contribution in [-0.4, -0.2) is 26.1 Å². The minimum atomic E-state index is -0.0215. The molecule has 0 atom stereocenters. The number of imidazole rings is 1. The van der Waals surface area contributed by atoms with Gasteiger partial charge in [0.1, 0.15) is 17.1 Å². The summed E-state index contributed by atoms with van der Waals surface area (Å²) < 4.78 is 8.03. The van der Waals surface area contributed by atoms with Crippen molar-refractivity contribution >= 4 is 21.9 Å². The number of fused-ring (bicyclic) bond motifs is 2. The molecule has 2 N–H and O–H groups in total. The van der Waals surface area contributed by atoms with Crippen LogP contribution in [0.4, 0.5) is 0 Å². The first-order chi connectivity index (χ1) is 15.2. The van der Waals surface area contributed by atoms with Crippen molar-refractivity contribution in [2.75, 3.05) is 6.61 Å². The molecular weight excluding hydrogens is 388 g/mol. The molecule has 2 saturated carbocycles. The standard InChI is InChI=1S/C25H28N4O2/c1-29-13-19(17-9-10-26-23(17)25(29)30)18-11-20-21(12-22(18)31-14-15-5-4-6-15)28-24(27-20)16-7-2-3-8-16/h9-13,15-16,26H,2-8,14H2,1H3,(H,27,28). The van der Waals surface area contributed by atoms with Crippen molar-refractivity contribution in [3.8, 4) is 16.9 Å². The van der Waals surface area contributed by atoms with Gasteiger partial charge in [0, 0.05) is 47.9 Å².